The zero-order valence-corrected chi connectivity index (χ0v) is 20.2. The van der Waals surface area contributed by atoms with Crippen LogP contribution in [0.15, 0.2) is 79.0 Å². The van der Waals surface area contributed by atoms with Gasteiger partial charge in [0.1, 0.15) is 12.4 Å². The van der Waals surface area contributed by atoms with Crippen molar-refractivity contribution in [3.05, 3.63) is 96.1 Å². The molecular weight excluding hydrogens is 469 g/mol. The van der Waals surface area contributed by atoms with E-state index in [0.717, 1.165) is 53.2 Å². The fourth-order valence-corrected chi connectivity index (χ4v) is 5.95. The van der Waals surface area contributed by atoms with Gasteiger partial charge in [-0.15, -0.1) is 0 Å². The Hall–Kier alpha value is -3.97. The van der Waals surface area contributed by atoms with Crippen molar-refractivity contribution in [2.45, 2.75) is 50.4 Å². The lowest BCUT2D eigenvalue weighted by Gasteiger charge is -2.29. The standard InChI is InChI=1S/C30H26FN3O3/c31-23-6-8-24(9-7-23)33-27(20-12-25-10-11-26(13-20)37-25)14-21-15-29-22(16-28(21)33)17-32-34(29)30(35)36-18-19-4-2-1-3-5-19/h1-9,14-17,20,25-26H,10-13,18H2. The molecule has 2 fully saturated rings. The van der Waals surface area contributed by atoms with Crippen molar-refractivity contribution in [3.8, 4) is 5.69 Å². The largest absolute Gasteiger partial charge is 0.443 e. The van der Waals surface area contributed by atoms with Crippen LogP contribution < -0.4 is 0 Å². The van der Waals surface area contributed by atoms with Gasteiger partial charge in [-0.1, -0.05) is 30.3 Å². The Morgan fingerprint density at radius 1 is 0.946 bits per heavy atom. The molecule has 5 aromatic rings. The van der Waals surface area contributed by atoms with E-state index in [2.05, 4.69) is 21.8 Å². The Bertz CT molecular complexity index is 1590. The van der Waals surface area contributed by atoms with Gasteiger partial charge in [0.15, 0.2) is 0 Å². The van der Waals surface area contributed by atoms with Gasteiger partial charge in [-0.3, -0.25) is 0 Å². The fraction of sp³-hybridized carbons (Fsp3) is 0.267. The summed E-state index contributed by atoms with van der Waals surface area (Å²) in [5, 5.41) is 6.17. The molecule has 3 aromatic carbocycles. The van der Waals surface area contributed by atoms with Crippen molar-refractivity contribution in [2.24, 2.45) is 0 Å². The lowest BCUT2D eigenvalue weighted by molar-refractivity contribution is -0.00458. The Kier molecular flexibility index (Phi) is 5.32. The third-order valence-corrected chi connectivity index (χ3v) is 7.69. The van der Waals surface area contributed by atoms with E-state index in [-0.39, 0.29) is 12.4 Å². The van der Waals surface area contributed by atoms with E-state index >= 15 is 0 Å². The third-order valence-electron chi connectivity index (χ3n) is 7.69. The van der Waals surface area contributed by atoms with Gasteiger partial charge in [0.2, 0.25) is 0 Å². The summed E-state index contributed by atoms with van der Waals surface area (Å²) in [6.45, 7) is 0.181. The van der Waals surface area contributed by atoms with Crippen LogP contribution in [-0.2, 0) is 16.1 Å². The van der Waals surface area contributed by atoms with E-state index in [0.29, 0.717) is 23.6 Å². The SMILES string of the molecule is O=C(OCc1ccccc1)n1ncc2cc3c(cc(C4CC5CCC(C4)O5)n3-c3ccc(F)cc3)cc21. The van der Waals surface area contributed by atoms with Crippen LogP contribution in [0.25, 0.3) is 27.5 Å². The Labute approximate surface area is 213 Å². The molecule has 0 aliphatic carbocycles. The second-order valence-corrected chi connectivity index (χ2v) is 10.1. The molecule has 2 aliphatic heterocycles. The zero-order chi connectivity index (χ0) is 24.9. The monoisotopic (exact) mass is 495 g/mol. The minimum absolute atomic E-state index is 0.181. The van der Waals surface area contributed by atoms with E-state index in [1.54, 1.807) is 6.20 Å². The number of hydrogen-bond acceptors (Lipinski definition) is 4. The maximum Gasteiger partial charge on any atom is 0.435 e. The van der Waals surface area contributed by atoms with Gasteiger partial charge in [0.25, 0.3) is 0 Å². The van der Waals surface area contributed by atoms with Gasteiger partial charge in [-0.25, -0.2) is 9.18 Å². The molecule has 4 heterocycles. The topological polar surface area (TPSA) is 58.3 Å². The normalized spacial score (nSPS) is 21.1. The highest BCUT2D eigenvalue weighted by Gasteiger charge is 2.37. The van der Waals surface area contributed by atoms with Crippen molar-refractivity contribution >= 4 is 27.9 Å². The number of ether oxygens (including phenoxy) is 2. The molecule has 6 nitrogen and oxygen atoms in total. The van der Waals surface area contributed by atoms with Gasteiger partial charge in [-0.2, -0.15) is 9.78 Å². The maximum absolute atomic E-state index is 13.8. The van der Waals surface area contributed by atoms with Crippen LogP contribution >= 0.6 is 0 Å². The Balaban J connectivity index is 1.30. The van der Waals surface area contributed by atoms with Crippen LogP contribution in [0.5, 0.6) is 0 Å². The number of hydrogen-bond donors (Lipinski definition) is 0. The molecule has 2 atom stereocenters. The van der Waals surface area contributed by atoms with Gasteiger partial charge < -0.3 is 14.0 Å². The number of halogens is 1. The van der Waals surface area contributed by atoms with Crippen LogP contribution in [0.4, 0.5) is 9.18 Å². The van der Waals surface area contributed by atoms with E-state index in [4.69, 9.17) is 9.47 Å². The van der Waals surface area contributed by atoms with Crippen LogP contribution in [0.1, 0.15) is 42.9 Å². The van der Waals surface area contributed by atoms with Crippen molar-refractivity contribution < 1.29 is 18.7 Å². The Morgan fingerprint density at radius 2 is 1.68 bits per heavy atom. The summed E-state index contributed by atoms with van der Waals surface area (Å²) in [6.07, 6.45) is 5.96. The first-order valence-electron chi connectivity index (χ1n) is 12.8. The summed E-state index contributed by atoms with van der Waals surface area (Å²) in [4.78, 5) is 12.9. The van der Waals surface area contributed by atoms with Gasteiger partial charge in [0.05, 0.1) is 29.4 Å². The molecule has 0 N–H and O–H groups in total. The van der Waals surface area contributed by atoms with Crippen LogP contribution in [0, 0.1) is 5.82 Å². The molecule has 186 valence electrons. The lowest BCUT2D eigenvalue weighted by Crippen LogP contribution is -2.24. The van der Waals surface area contributed by atoms with Gasteiger partial charge in [-0.05, 0) is 73.7 Å². The molecule has 0 spiro atoms. The maximum atomic E-state index is 13.8. The number of benzene rings is 3. The highest BCUT2D eigenvalue weighted by Crippen LogP contribution is 2.43. The summed E-state index contributed by atoms with van der Waals surface area (Å²) in [5.74, 6) is 0.0858. The van der Waals surface area contributed by atoms with Gasteiger partial charge in [0, 0.05) is 28.1 Å². The minimum Gasteiger partial charge on any atom is -0.443 e. The average molecular weight is 496 g/mol. The van der Waals surface area contributed by atoms with Crippen LogP contribution in [0.3, 0.4) is 0 Å². The summed E-state index contributed by atoms with van der Waals surface area (Å²) in [5.41, 5.74) is 4.73. The quantitative estimate of drug-likeness (QED) is 0.277. The first-order chi connectivity index (χ1) is 18.1. The first-order valence-corrected chi connectivity index (χ1v) is 12.8. The molecule has 2 bridgehead atoms. The average Bonchev–Trinajstić information content (AvgIpc) is 3.61. The molecule has 2 unspecified atom stereocenters. The third kappa shape index (κ3) is 4.00. The fourth-order valence-electron chi connectivity index (χ4n) is 5.95. The molecule has 0 amide bonds. The molecule has 2 aromatic heterocycles. The number of aromatic nitrogens is 3. The molecule has 7 heteroatoms. The van der Waals surface area contributed by atoms with Crippen molar-refractivity contribution in [1.82, 2.24) is 14.3 Å². The number of fused-ring (bicyclic) bond motifs is 4. The van der Waals surface area contributed by atoms with E-state index in [1.165, 1.54) is 22.5 Å². The second-order valence-electron chi connectivity index (χ2n) is 10.1. The number of carbonyl (C=O) groups is 1. The highest BCUT2D eigenvalue weighted by molar-refractivity contribution is 5.99. The van der Waals surface area contributed by atoms with E-state index in [9.17, 15) is 9.18 Å². The van der Waals surface area contributed by atoms with E-state index in [1.807, 2.05) is 48.5 Å². The van der Waals surface area contributed by atoms with Gasteiger partial charge >= 0.3 is 6.09 Å². The number of rotatable bonds is 4. The summed E-state index contributed by atoms with van der Waals surface area (Å²) in [7, 11) is 0. The van der Waals surface area contributed by atoms with Crippen LogP contribution in [-0.4, -0.2) is 32.6 Å². The highest BCUT2D eigenvalue weighted by atomic mass is 19.1. The first kappa shape index (κ1) is 22.2. The number of nitrogens with zero attached hydrogens (tertiary/aromatic N) is 3. The lowest BCUT2D eigenvalue weighted by atomic mass is 9.92. The predicted octanol–water partition coefficient (Wildman–Crippen LogP) is 6.73. The van der Waals surface area contributed by atoms with E-state index < -0.39 is 6.09 Å². The number of carbonyl (C=O) groups excluding carboxylic acids is 1. The summed E-state index contributed by atoms with van der Waals surface area (Å²) in [6, 6.07) is 22.5. The summed E-state index contributed by atoms with van der Waals surface area (Å²) < 4.78 is 29.0. The zero-order valence-electron chi connectivity index (χ0n) is 20.2. The van der Waals surface area contributed by atoms with Crippen molar-refractivity contribution in [1.29, 1.82) is 0 Å². The van der Waals surface area contributed by atoms with Crippen LogP contribution in [0.2, 0.25) is 0 Å². The van der Waals surface area contributed by atoms with Crippen molar-refractivity contribution in [3.63, 3.8) is 0 Å². The molecule has 2 aliphatic rings. The molecule has 37 heavy (non-hydrogen) atoms. The Morgan fingerprint density at radius 3 is 2.43 bits per heavy atom. The second kappa shape index (κ2) is 8.85. The molecular formula is C30H26FN3O3. The minimum atomic E-state index is -0.516. The predicted molar refractivity (Wildman–Crippen MR) is 138 cm³/mol. The summed E-state index contributed by atoms with van der Waals surface area (Å²) >= 11 is 0. The van der Waals surface area contributed by atoms with Crippen molar-refractivity contribution in [2.75, 3.05) is 0 Å². The molecule has 0 radical (unpaired) electrons. The molecule has 0 saturated carbocycles. The molecule has 7 rings (SSSR count). The molecule has 2 saturated heterocycles. The smallest absolute Gasteiger partial charge is 0.435 e.